The molecule has 0 atom stereocenters. The van der Waals surface area contributed by atoms with Gasteiger partial charge in [0.15, 0.2) is 0 Å². The maximum Gasteiger partial charge on any atom is 0.256 e. The van der Waals surface area contributed by atoms with Crippen LogP contribution in [0.25, 0.3) is 0 Å². The Morgan fingerprint density at radius 1 is 1.21 bits per heavy atom. The summed E-state index contributed by atoms with van der Waals surface area (Å²) in [5, 5.41) is 0. The first-order valence-corrected chi connectivity index (χ1v) is 9.83. The first kappa shape index (κ1) is 17.3. The molecular formula is C16H21FN2O4S. The topological polar surface area (TPSA) is 66.9 Å². The van der Waals surface area contributed by atoms with E-state index in [-0.39, 0.29) is 30.7 Å². The molecule has 0 spiro atoms. The van der Waals surface area contributed by atoms with E-state index in [1.807, 2.05) is 0 Å². The van der Waals surface area contributed by atoms with Gasteiger partial charge in [-0.3, -0.25) is 4.79 Å². The molecule has 3 rings (SSSR count). The van der Waals surface area contributed by atoms with Crippen molar-refractivity contribution in [3.8, 4) is 0 Å². The van der Waals surface area contributed by atoms with Gasteiger partial charge in [-0.2, -0.15) is 4.31 Å². The summed E-state index contributed by atoms with van der Waals surface area (Å²) in [4.78, 5) is 13.8. The fourth-order valence-corrected chi connectivity index (χ4v) is 4.79. The number of hydrogen-bond donors (Lipinski definition) is 0. The Labute approximate surface area is 141 Å². The van der Waals surface area contributed by atoms with E-state index in [2.05, 4.69) is 0 Å². The molecule has 1 amide bonds. The van der Waals surface area contributed by atoms with E-state index in [0.29, 0.717) is 26.1 Å². The Bertz CT molecular complexity index is 713. The largest absolute Gasteiger partial charge is 0.381 e. The standard InChI is InChI=1S/C16H21FN2O4S/c1-24(21,22)19(12-6-8-23-9-7-12)13-10-18(11-13)16(20)14-4-2-3-5-15(14)17/h2-5,12-13H,6-11H2,1H3. The SMILES string of the molecule is CS(=O)(=O)N(C1CCOCC1)C1CN(C(=O)c2ccccc2F)C1. The van der Waals surface area contributed by atoms with Crippen LogP contribution in [0.3, 0.4) is 0 Å². The summed E-state index contributed by atoms with van der Waals surface area (Å²) in [5.74, 6) is -0.958. The zero-order valence-corrected chi connectivity index (χ0v) is 14.3. The second-order valence-electron chi connectivity index (χ2n) is 6.28. The molecule has 0 radical (unpaired) electrons. The Morgan fingerprint density at radius 3 is 2.42 bits per heavy atom. The van der Waals surface area contributed by atoms with Crippen molar-refractivity contribution < 1.29 is 22.3 Å². The molecule has 2 fully saturated rings. The van der Waals surface area contributed by atoms with Gasteiger partial charge in [-0.15, -0.1) is 0 Å². The van der Waals surface area contributed by atoms with Crippen LogP contribution in [-0.2, 0) is 14.8 Å². The average Bonchev–Trinajstić information content (AvgIpc) is 2.50. The van der Waals surface area contributed by atoms with E-state index in [0.717, 1.165) is 0 Å². The Hall–Kier alpha value is -1.51. The second kappa shape index (κ2) is 6.78. The van der Waals surface area contributed by atoms with Crippen molar-refractivity contribution in [3.05, 3.63) is 35.6 Å². The Kier molecular flexibility index (Phi) is 4.89. The molecule has 2 saturated heterocycles. The van der Waals surface area contributed by atoms with Crippen molar-refractivity contribution in [1.82, 2.24) is 9.21 Å². The second-order valence-corrected chi connectivity index (χ2v) is 8.17. The quantitative estimate of drug-likeness (QED) is 0.810. The van der Waals surface area contributed by atoms with Gasteiger partial charge in [0.05, 0.1) is 17.9 Å². The van der Waals surface area contributed by atoms with Gasteiger partial charge < -0.3 is 9.64 Å². The van der Waals surface area contributed by atoms with Crippen LogP contribution >= 0.6 is 0 Å². The van der Waals surface area contributed by atoms with Gasteiger partial charge in [0.1, 0.15) is 5.82 Å². The van der Waals surface area contributed by atoms with E-state index in [1.54, 1.807) is 6.07 Å². The van der Waals surface area contributed by atoms with Crippen molar-refractivity contribution in [1.29, 1.82) is 0 Å². The number of rotatable bonds is 4. The predicted molar refractivity (Wildman–Crippen MR) is 86.6 cm³/mol. The van der Waals surface area contributed by atoms with Crippen LogP contribution < -0.4 is 0 Å². The molecule has 0 unspecified atom stereocenters. The highest BCUT2D eigenvalue weighted by atomic mass is 32.2. The molecule has 0 bridgehead atoms. The minimum atomic E-state index is -3.38. The van der Waals surface area contributed by atoms with Crippen LogP contribution in [0.4, 0.5) is 4.39 Å². The molecule has 2 heterocycles. The van der Waals surface area contributed by atoms with Gasteiger partial charge in [-0.25, -0.2) is 12.8 Å². The first-order valence-electron chi connectivity index (χ1n) is 7.98. The maximum atomic E-state index is 13.7. The van der Waals surface area contributed by atoms with Crippen molar-refractivity contribution in [2.45, 2.75) is 24.9 Å². The molecule has 24 heavy (non-hydrogen) atoms. The molecule has 2 aliphatic heterocycles. The lowest BCUT2D eigenvalue weighted by atomic mass is 10.0. The van der Waals surface area contributed by atoms with Crippen LogP contribution in [0.2, 0.25) is 0 Å². The summed E-state index contributed by atoms with van der Waals surface area (Å²) in [6.07, 6.45) is 2.51. The summed E-state index contributed by atoms with van der Waals surface area (Å²) in [6.45, 7) is 1.66. The lowest BCUT2D eigenvalue weighted by Crippen LogP contribution is -2.64. The molecule has 132 valence electrons. The zero-order chi connectivity index (χ0) is 17.3. The molecule has 0 aromatic heterocycles. The van der Waals surface area contributed by atoms with Crippen molar-refractivity contribution in [3.63, 3.8) is 0 Å². The van der Waals surface area contributed by atoms with E-state index in [9.17, 15) is 17.6 Å². The molecule has 0 saturated carbocycles. The normalized spacial score (nSPS) is 20.2. The number of amides is 1. The number of carbonyl (C=O) groups is 1. The van der Waals surface area contributed by atoms with Gasteiger partial charge in [0, 0.05) is 32.3 Å². The molecule has 0 N–H and O–H groups in total. The summed E-state index contributed by atoms with van der Waals surface area (Å²) in [5.41, 5.74) is 0.0212. The number of benzene rings is 1. The Balaban J connectivity index is 1.69. The minimum Gasteiger partial charge on any atom is -0.381 e. The highest BCUT2D eigenvalue weighted by molar-refractivity contribution is 7.88. The fraction of sp³-hybridized carbons (Fsp3) is 0.562. The smallest absolute Gasteiger partial charge is 0.256 e. The van der Waals surface area contributed by atoms with Crippen LogP contribution in [0.5, 0.6) is 0 Å². The monoisotopic (exact) mass is 356 g/mol. The summed E-state index contributed by atoms with van der Waals surface area (Å²) in [6, 6.07) is 5.48. The van der Waals surface area contributed by atoms with E-state index >= 15 is 0 Å². The van der Waals surface area contributed by atoms with Crippen LogP contribution in [0, 0.1) is 5.82 Å². The highest BCUT2D eigenvalue weighted by Gasteiger charge is 2.43. The molecular weight excluding hydrogens is 335 g/mol. The summed E-state index contributed by atoms with van der Waals surface area (Å²) < 4.78 is 44.9. The van der Waals surface area contributed by atoms with E-state index < -0.39 is 21.7 Å². The molecule has 1 aromatic carbocycles. The number of carbonyl (C=O) groups excluding carboxylic acids is 1. The Morgan fingerprint density at radius 2 is 1.83 bits per heavy atom. The minimum absolute atomic E-state index is 0.0212. The molecule has 1 aromatic rings. The molecule has 8 heteroatoms. The third-order valence-corrected chi connectivity index (χ3v) is 5.91. The third-order valence-electron chi connectivity index (χ3n) is 4.55. The van der Waals surface area contributed by atoms with Crippen LogP contribution in [-0.4, -0.2) is 68.2 Å². The lowest BCUT2D eigenvalue weighted by Gasteiger charge is -2.47. The molecule has 0 aliphatic carbocycles. The van der Waals surface area contributed by atoms with E-state index in [1.165, 1.54) is 33.7 Å². The number of sulfonamides is 1. The van der Waals surface area contributed by atoms with Crippen molar-refractivity contribution in [2.24, 2.45) is 0 Å². The number of ether oxygens (including phenoxy) is 1. The fourth-order valence-electron chi connectivity index (χ4n) is 3.37. The zero-order valence-electron chi connectivity index (χ0n) is 13.5. The maximum absolute atomic E-state index is 13.7. The number of hydrogen-bond acceptors (Lipinski definition) is 4. The van der Waals surface area contributed by atoms with Gasteiger partial charge in [-0.05, 0) is 25.0 Å². The number of halogens is 1. The van der Waals surface area contributed by atoms with Crippen LogP contribution in [0.1, 0.15) is 23.2 Å². The summed E-state index contributed by atoms with van der Waals surface area (Å²) in [7, 11) is -3.38. The summed E-state index contributed by atoms with van der Waals surface area (Å²) >= 11 is 0. The molecule has 2 aliphatic rings. The number of nitrogens with zero attached hydrogens (tertiary/aromatic N) is 2. The predicted octanol–water partition coefficient (Wildman–Crippen LogP) is 1.09. The lowest BCUT2D eigenvalue weighted by molar-refractivity contribution is 0.0123. The van der Waals surface area contributed by atoms with Gasteiger partial charge in [0.2, 0.25) is 10.0 Å². The van der Waals surface area contributed by atoms with Crippen molar-refractivity contribution >= 4 is 15.9 Å². The van der Waals surface area contributed by atoms with Gasteiger partial charge in [-0.1, -0.05) is 12.1 Å². The van der Waals surface area contributed by atoms with E-state index in [4.69, 9.17) is 4.74 Å². The molecule has 6 nitrogen and oxygen atoms in total. The average molecular weight is 356 g/mol. The number of likely N-dealkylation sites (tertiary alicyclic amines) is 1. The van der Waals surface area contributed by atoms with Gasteiger partial charge >= 0.3 is 0 Å². The first-order chi connectivity index (χ1) is 11.4. The van der Waals surface area contributed by atoms with Crippen LogP contribution in [0.15, 0.2) is 24.3 Å². The van der Waals surface area contributed by atoms with Gasteiger partial charge in [0.25, 0.3) is 5.91 Å². The highest BCUT2D eigenvalue weighted by Crippen LogP contribution is 2.27. The third kappa shape index (κ3) is 3.45. The van der Waals surface area contributed by atoms with Crippen molar-refractivity contribution in [2.75, 3.05) is 32.6 Å².